The van der Waals surface area contributed by atoms with E-state index in [1.807, 2.05) is 30.1 Å². The lowest BCUT2D eigenvalue weighted by Gasteiger charge is -2.28. The Kier molecular flexibility index (Phi) is 5.01. The fourth-order valence-electron chi connectivity index (χ4n) is 2.69. The molecule has 1 aromatic rings. The SMILES string of the molecule is COc1ccccc1CC(C)N(C)C(=O)C1CCCN1. The van der Waals surface area contributed by atoms with E-state index in [-0.39, 0.29) is 18.0 Å². The van der Waals surface area contributed by atoms with Crippen molar-refractivity contribution in [1.29, 1.82) is 0 Å². The highest BCUT2D eigenvalue weighted by Crippen LogP contribution is 2.20. The van der Waals surface area contributed by atoms with Crippen molar-refractivity contribution in [2.45, 2.75) is 38.3 Å². The number of carbonyl (C=O) groups is 1. The molecule has 1 fully saturated rings. The number of hydrogen-bond donors (Lipinski definition) is 1. The second-order valence-electron chi connectivity index (χ2n) is 5.46. The minimum Gasteiger partial charge on any atom is -0.496 e. The van der Waals surface area contributed by atoms with Crippen molar-refractivity contribution in [3.63, 3.8) is 0 Å². The van der Waals surface area contributed by atoms with Crippen molar-refractivity contribution in [2.75, 3.05) is 20.7 Å². The number of amides is 1. The van der Waals surface area contributed by atoms with Crippen LogP contribution in [0.5, 0.6) is 5.75 Å². The first-order valence-electron chi connectivity index (χ1n) is 7.25. The molecule has 1 aliphatic heterocycles. The van der Waals surface area contributed by atoms with Crippen molar-refractivity contribution in [1.82, 2.24) is 10.2 Å². The van der Waals surface area contributed by atoms with E-state index in [1.54, 1.807) is 7.11 Å². The van der Waals surface area contributed by atoms with E-state index in [9.17, 15) is 4.79 Å². The quantitative estimate of drug-likeness (QED) is 0.892. The number of para-hydroxylation sites is 1. The minimum atomic E-state index is 0.000110. The van der Waals surface area contributed by atoms with Crippen LogP contribution < -0.4 is 10.1 Å². The maximum Gasteiger partial charge on any atom is 0.239 e. The Morgan fingerprint density at radius 3 is 2.90 bits per heavy atom. The zero-order valence-corrected chi connectivity index (χ0v) is 12.6. The molecule has 20 heavy (non-hydrogen) atoms. The fourth-order valence-corrected chi connectivity index (χ4v) is 2.69. The molecule has 1 heterocycles. The van der Waals surface area contributed by atoms with E-state index < -0.39 is 0 Å². The predicted octanol–water partition coefficient (Wildman–Crippen LogP) is 1.84. The standard InChI is InChI=1S/C16H24N2O2/c1-12(11-13-7-4-5-9-15(13)20-3)18(2)16(19)14-8-6-10-17-14/h4-5,7,9,12,14,17H,6,8,10-11H2,1-3H3. The predicted molar refractivity (Wildman–Crippen MR) is 80.0 cm³/mol. The highest BCUT2D eigenvalue weighted by molar-refractivity contribution is 5.82. The van der Waals surface area contributed by atoms with Crippen LogP contribution in [0.4, 0.5) is 0 Å². The molecule has 0 spiro atoms. The van der Waals surface area contributed by atoms with Gasteiger partial charge in [0.05, 0.1) is 13.2 Å². The van der Waals surface area contributed by atoms with Crippen LogP contribution >= 0.6 is 0 Å². The van der Waals surface area contributed by atoms with Gasteiger partial charge < -0.3 is 15.0 Å². The summed E-state index contributed by atoms with van der Waals surface area (Å²) >= 11 is 0. The maximum atomic E-state index is 12.4. The van der Waals surface area contributed by atoms with Gasteiger partial charge in [-0.15, -0.1) is 0 Å². The molecule has 0 saturated carbocycles. The van der Waals surface area contributed by atoms with E-state index in [0.29, 0.717) is 0 Å². The van der Waals surface area contributed by atoms with Crippen molar-refractivity contribution >= 4 is 5.91 Å². The van der Waals surface area contributed by atoms with Crippen molar-refractivity contribution in [3.8, 4) is 5.75 Å². The van der Waals surface area contributed by atoms with Crippen LogP contribution in [0.25, 0.3) is 0 Å². The largest absolute Gasteiger partial charge is 0.496 e. The first kappa shape index (κ1) is 14.9. The number of likely N-dealkylation sites (N-methyl/N-ethyl adjacent to an activating group) is 1. The topological polar surface area (TPSA) is 41.6 Å². The third-order valence-electron chi connectivity index (χ3n) is 4.08. The second-order valence-corrected chi connectivity index (χ2v) is 5.46. The van der Waals surface area contributed by atoms with Crippen LogP contribution in [-0.2, 0) is 11.2 Å². The second kappa shape index (κ2) is 6.75. The molecular formula is C16H24N2O2. The Morgan fingerprint density at radius 2 is 2.25 bits per heavy atom. The van der Waals surface area contributed by atoms with Gasteiger partial charge in [0.15, 0.2) is 0 Å². The highest BCUT2D eigenvalue weighted by atomic mass is 16.5. The molecule has 2 rings (SSSR count). The maximum absolute atomic E-state index is 12.4. The van der Waals surface area contributed by atoms with Crippen LogP contribution in [0.15, 0.2) is 24.3 Å². The summed E-state index contributed by atoms with van der Waals surface area (Å²) in [5.41, 5.74) is 1.14. The summed E-state index contributed by atoms with van der Waals surface area (Å²) in [6.45, 7) is 3.03. The van der Waals surface area contributed by atoms with E-state index in [1.165, 1.54) is 0 Å². The van der Waals surface area contributed by atoms with Gasteiger partial charge in [-0.3, -0.25) is 4.79 Å². The Hall–Kier alpha value is -1.55. The molecule has 0 aliphatic carbocycles. The number of hydrogen-bond acceptors (Lipinski definition) is 3. The number of nitrogens with one attached hydrogen (secondary N) is 1. The monoisotopic (exact) mass is 276 g/mol. The van der Waals surface area contributed by atoms with Gasteiger partial charge in [-0.1, -0.05) is 18.2 Å². The Labute approximate surface area is 121 Å². The summed E-state index contributed by atoms with van der Waals surface area (Å²) in [7, 11) is 3.57. The third-order valence-corrected chi connectivity index (χ3v) is 4.08. The Morgan fingerprint density at radius 1 is 1.50 bits per heavy atom. The zero-order chi connectivity index (χ0) is 14.5. The van der Waals surface area contributed by atoms with Gasteiger partial charge in [0.25, 0.3) is 0 Å². The first-order valence-corrected chi connectivity index (χ1v) is 7.25. The van der Waals surface area contributed by atoms with Gasteiger partial charge in [-0.05, 0) is 44.4 Å². The molecule has 1 aliphatic rings. The smallest absolute Gasteiger partial charge is 0.239 e. The highest BCUT2D eigenvalue weighted by Gasteiger charge is 2.27. The van der Waals surface area contributed by atoms with Crippen LogP contribution in [0.3, 0.4) is 0 Å². The van der Waals surface area contributed by atoms with Crippen LogP contribution in [0, 0.1) is 0 Å². The number of nitrogens with zero attached hydrogens (tertiary/aromatic N) is 1. The van der Waals surface area contributed by atoms with E-state index >= 15 is 0 Å². The van der Waals surface area contributed by atoms with Crippen molar-refractivity contribution in [3.05, 3.63) is 29.8 Å². The number of benzene rings is 1. The van der Waals surface area contributed by atoms with Crippen molar-refractivity contribution < 1.29 is 9.53 Å². The van der Waals surface area contributed by atoms with E-state index in [2.05, 4.69) is 18.3 Å². The normalized spacial score (nSPS) is 19.6. The zero-order valence-electron chi connectivity index (χ0n) is 12.6. The van der Waals surface area contributed by atoms with Gasteiger partial charge in [-0.2, -0.15) is 0 Å². The number of methoxy groups -OCH3 is 1. The Balaban J connectivity index is 1.99. The summed E-state index contributed by atoms with van der Waals surface area (Å²) < 4.78 is 5.37. The molecule has 0 radical (unpaired) electrons. The first-order chi connectivity index (χ1) is 9.63. The Bertz CT molecular complexity index is 456. The van der Waals surface area contributed by atoms with E-state index in [4.69, 9.17) is 4.74 Å². The molecule has 110 valence electrons. The minimum absolute atomic E-state index is 0.000110. The summed E-state index contributed by atoms with van der Waals surface area (Å²) in [6.07, 6.45) is 2.84. The fraction of sp³-hybridized carbons (Fsp3) is 0.562. The summed E-state index contributed by atoms with van der Waals surface area (Å²) in [4.78, 5) is 14.2. The van der Waals surface area contributed by atoms with Crippen LogP contribution in [-0.4, -0.2) is 43.6 Å². The molecule has 4 nitrogen and oxygen atoms in total. The van der Waals surface area contributed by atoms with E-state index in [0.717, 1.165) is 37.1 Å². The molecule has 1 saturated heterocycles. The lowest BCUT2D eigenvalue weighted by Crippen LogP contribution is -2.46. The van der Waals surface area contributed by atoms with Gasteiger partial charge in [0.2, 0.25) is 5.91 Å². The molecule has 1 amide bonds. The van der Waals surface area contributed by atoms with Crippen LogP contribution in [0.2, 0.25) is 0 Å². The summed E-state index contributed by atoms with van der Waals surface area (Å²) in [6, 6.07) is 8.14. The molecule has 1 N–H and O–H groups in total. The lowest BCUT2D eigenvalue weighted by atomic mass is 10.0. The third kappa shape index (κ3) is 3.31. The summed E-state index contributed by atoms with van der Waals surface area (Å²) in [5.74, 6) is 1.09. The average Bonchev–Trinajstić information content (AvgIpc) is 3.00. The van der Waals surface area contributed by atoms with Gasteiger partial charge in [-0.25, -0.2) is 0 Å². The number of carbonyl (C=O) groups excluding carboxylic acids is 1. The number of ether oxygens (including phenoxy) is 1. The number of rotatable bonds is 5. The molecule has 2 unspecified atom stereocenters. The molecule has 1 aromatic carbocycles. The lowest BCUT2D eigenvalue weighted by molar-refractivity contribution is -0.133. The molecule has 0 aromatic heterocycles. The summed E-state index contributed by atoms with van der Waals surface area (Å²) in [5, 5.41) is 3.26. The van der Waals surface area contributed by atoms with Crippen molar-refractivity contribution in [2.24, 2.45) is 0 Å². The van der Waals surface area contributed by atoms with Gasteiger partial charge in [0, 0.05) is 13.1 Å². The van der Waals surface area contributed by atoms with Crippen LogP contribution in [0.1, 0.15) is 25.3 Å². The molecule has 2 atom stereocenters. The molecule has 0 bridgehead atoms. The van der Waals surface area contributed by atoms with Gasteiger partial charge in [0.1, 0.15) is 5.75 Å². The molecule has 4 heteroatoms. The molecular weight excluding hydrogens is 252 g/mol. The average molecular weight is 276 g/mol. The van der Waals surface area contributed by atoms with Gasteiger partial charge >= 0.3 is 0 Å².